The van der Waals surface area contributed by atoms with Crippen molar-refractivity contribution in [2.75, 3.05) is 4.72 Å². The van der Waals surface area contributed by atoms with E-state index in [0.29, 0.717) is 0 Å². The van der Waals surface area contributed by atoms with Crippen LogP contribution in [0, 0.1) is 5.82 Å². The van der Waals surface area contributed by atoms with Gasteiger partial charge in [0.1, 0.15) is 10.7 Å². The first-order chi connectivity index (χ1) is 15.9. The molecule has 1 N–H and O–H groups in total. The number of rotatable bonds is 6. The van der Waals surface area contributed by atoms with E-state index in [1.165, 1.54) is 25.1 Å². The molecule has 1 heterocycles. The number of carbonyl (C=O) groups excluding carboxylic acids is 2. The SMILES string of the molecule is C[C@H](OC(=O)c1cc(S(=O)(=O)Nc2ccccc2F)c(Cl)cc1Cl)C(=O)N1[C@@H](C)CCC[C@@H]1C. The van der Waals surface area contributed by atoms with Gasteiger partial charge < -0.3 is 9.64 Å². The molecule has 0 radical (unpaired) electrons. The van der Waals surface area contributed by atoms with E-state index < -0.39 is 32.8 Å². The maximum absolute atomic E-state index is 13.9. The number of sulfonamides is 1. The van der Waals surface area contributed by atoms with Gasteiger partial charge in [0.25, 0.3) is 15.9 Å². The molecule has 11 heteroatoms. The summed E-state index contributed by atoms with van der Waals surface area (Å²) in [7, 11) is -4.38. The predicted molar refractivity (Wildman–Crippen MR) is 128 cm³/mol. The van der Waals surface area contributed by atoms with Crippen molar-refractivity contribution in [2.24, 2.45) is 0 Å². The summed E-state index contributed by atoms with van der Waals surface area (Å²) >= 11 is 12.2. The Morgan fingerprint density at radius 1 is 1.12 bits per heavy atom. The second-order valence-electron chi connectivity index (χ2n) is 8.27. The van der Waals surface area contributed by atoms with Crippen LogP contribution in [-0.2, 0) is 19.6 Å². The smallest absolute Gasteiger partial charge is 0.340 e. The third-order valence-corrected chi connectivity index (χ3v) is 7.87. The van der Waals surface area contributed by atoms with E-state index in [2.05, 4.69) is 4.72 Å². The van der Waals surface area contributed by atoms with Crippen LogP contribution >= 0.6 is 23.2 Å². The van der Waals surface area contributed by atoms with E-state index in [4.69, 9.17) is 27.9 Å². The maximum atomic E-state index is 13.9. The molecule has 1 aliphatic heterocycles. The highest BCUT2D eigenvalue weighted by atomic mass is 35.5. The third-order valence-electron chi connectivity index (χ3n) is 5.73. The van der Waals surface area contributed by atoms with Gasteiger partial charge >= 0.3 is 5.97 Å². The molecule has 1 fully saturated rings. The predicted octanol–water partition coefficient (Wildman–Crippen LogP) is 5.27. The molecule has 1 saturated heterocycles. The Labute approximate surface area is 208 Å². The van der Waals surface area contributed by atoms with Crippen LogP contribution in [0.25, 0.3) is 0 Å². The third kappa shape index (κ3) is 5.64. The van der Waals surface area contributed by atoms with Crippen LogP contribution in [0.3, 0.4) is 0 Å². The molecule has 2 aromatic carbocycles. The maximum Gasteiger partial charge on any atom is 0.340 e. The molecular formula is C23H25Cl2FN2O5S. The Morgan fingerprint density at radius 3 is 2.35 bits per heavy atom. The van der Waals surface area contributed by atoms with Gasteiger partial charge in [-0.05, 0) is 64.3 Å². The van der Waals surface area contributed by atoms with Gasteiger partial charge in [0.15, 0.2) is 6.10 Å². The number of halogens is 3. The van der Waals surface area contributed by atoms with E-state index >= 15 is 0 Å². The lowest BCUT2D eigenvalue weighted by Crippen LogP contribution is -2.51. The first-order valence-electron chi connectivity index (χ1n) is 10.7. The number of likely N-dealkylation sites (tertiary alicyclic amines) is 1. The second-order valence-corrected chi connectivity index (χ2v) is 10.7. The molecule has 0 aromatic heterocycles. The normalized spacial score (nSPS) is 19.4. The van der Waals surface area contributed by atoms with Crippen LogP contribution in [-0.4, -0.2) is 43.4 Å². The Hall–Kier alpha value is -2.36. The fraction of sp³-hybridized carbons (Fsp3) is 0.391. The number of amides is 1. The van der Waals surface area contributed by atoms with Crippen molar-refractivity contribution in [3.8, 4) is 0 Å². The first kappa shape index (κ1) is 26.2. The molecule has 1 amide bonds. The molecule has 2 aromatic rings. The summed E-state index contributed by atoms with van der Waals surface area (Å²) in [6, 6.07) is 7.24. The highest BCUT2D eigenvalue weighted by Gasteiger charge is 2.34. The minimum absolute atomic E-state index is 0.0118. The summed E-state index contributed by atoms with van der Waals surface area (Å²) in [5.74, 6) is -2.11. The number of carbonyl (C=O) groups is 2. The molecule has 0 spiro atoms. The van der Waals surface area contributed by atoms with Gasteiger partial charge in [-0.1, -0.05) is 35.3 Å². The molecule has 1 aliphatic rings. The molecule has 0 saturated carbocycles. The average Bonchev–Trinajstić information content (AvgIpc) is 2.74. The largest absolute Gasteiger partial charge is 0.449 e. The van der Waals surface area contributed by atoms with Crippen molar-refractivity contribution >= 4 is 50.8 Å². The minimum atomic E-state index is -4.38. The highest BCUT2D eigenvalue weighted by molar-refractivity contribution is 7.92. The number of benzene rings is 2. The molecule has 184 valence electrons. The van der Waals surface area contributed by atoms with Crippen LogP contribution < -0.4 is 4.72 Å². The van der Waals surface area contributed by atoms with Crippen LogP contribution in [0.1, 0.15) is 50.4 Å². The number of hydrogen-bond acceptors (Lipinski definition) is 5. The summed E-state index contributed by atoms with van der Waals surface area (Å²) < 4.78 is 47.1. The number of piperidine rings is 1. The Kier molecular flexibility index (Phi) is 8.10. The van der Waals surface area contributed by atoms with Crippen molar-refractivity contribution < 1.29 is 27.1 Å². The second kappa shape index (κ2) is 10.5. The fourth-order valence-electron chi connectivity index (χ4n) is 3.98. The van der Waals surface area contributed by atoms with Gasteiger partial charge in [-0.15, -0.1) is 0 Å². The van der Waals surface area contributed by atoms with E-state index in [1.807, 2.05) is 13.8 Å². The first-order valence-corrected chi connectivity index (χ1v) is 13.0. The Morgan fingerprint density at radius 2 is 1.74 bits per heavy atom. The number of anilines is 1. The molecule has 0 aliphatic carbocycles. The molecule has 3 rings (SSSR count). The molecule has 7 nitrogen and oxygen atoms in total. The van der Waals surface area contributed by atoms with Crippen LogP contribution in [0.2, 0.25) is 10.0 Å². The van der Waals surface area contributed by atoms with Crippen molar-refractivity contribution in [1.29, 1.82) is 0 Å². The van der Waals surface area contributed by atoms with E-state index in [1.54, 1.807) is 4.90 Å². The van der Waals surface area contributed by atoms with Crippen LogP contribution in [0.5, 0.6) is 0 Å². The van der Waals surface area contributed by atoms with Crippen molar-refractivity contribution in [2.45, 2.75) is 63.1 Å². The summed E-state index contributed by atoms with van der Waals surface area (Å²) in [5, 5.41) is -0.426. The van der Waals surface area contributed by atoms with Crippen molar-refractivity contribution in [3.05, 3.63) is 57.8 Å². The zero-order valence-corrected chi connectivity index (χ0v) is 21.2. The lowest BCUT2D eigenvalue weighted by molar-refractivity contribution is -0.146. The van der Waals surface area contributed by atoms with Crippen molar-refractivity contribution in [3.63, 3.8) is 0 Å². The van der Waals surface area contributed by atoms with E-state index in [-0.39, 0.29) is 39.3 Å². The Bertz CT molecular complexity index is 1200. The van der Waals surface area contributed by atoms with Gasteiger partial charge in [-0.3, -0.25) is 9.52 Å². The molecular weight excluding hydrogens is 506 g/mol. The standard InChI is InChI=1S/C23H25Cl2FN2O5S/c1-13-7-6-8-14(2)28(13)22(29)15(3)33-23(30)16-11-21(18(25)12-17(16)24)34(31,32)27-20-10-5-4-9-19(20)26/h4-5,9-15,27H,6-8H2,1-3H3/t13-,14-,15-/m0/s1. The monoisotopic (exact) mass is 530 g/mol. The fourth-order valence-corrected chi connectivity index (χ4v) is 5.89. The molecule has 0 bridgehead atoms. The average molecular weight is 531 g/mol. The number of nitrogens with zero attached hydrogens (tertiary/aromatic N) is 1. The van der Waals surface area contributed by atoms with Gasteiger partial charge in [0.05, 0.1) is 21.3 Å². The van der Waals surface area contributed by atoms with Gasteiger partial charge in [-0.25, -0.2) is 17.6 Å². The van der Waals surface area contributed by atoms with Crippen LogP contribution in [0.15, 0.2) is 41.3 Å². The van der Waals surface area contributed by atoms with E-state index in [0.717, 1.165) is 37.5 Å². The highest BCUT2D eigenvalue weighted by Crippen LogP contribution is 2.31. The lowest BCUT2D eigenvalue weighted by Gasteiger charge is -2.40. The zero-order chi connectivity index (χ0) is 25.2. The zero-order valence-electron chi connectivity index (χ0n) is 18.8. The minimum Gasteiger partial charge on any atom is -0.449 e. The number of esters is 1. The number of hydrogen-bond donors (Lipinski definition) is 1. The number of nitrogens with one attached hydrogen (secondary N) is 1. The van der Waals surface area contributed by atoms with Gasteiger partial charge in [0.2, 0.25) is 0 Å². The van der Waals surface area contributed by atoms with Crippen LogP contribution in [0.4, 0.5) is 10.1 Å². The van der Waals surface area contributed by atoms with Gasteiger partial charge in [-0.2, -0.15) is 0 Å². The molecule has 0 unspecified atom stereocenters. The number of para-hydroxylation sites is 1. The summed E-state index contributed by atoms with van der Waals surface area (Å²) in [6.45, 7) is 5.34. The summed E-state index contributed by atoms with van der Waals surface area (Å²) in [5.41, 5.74) is -0.582. The lowest BCUT2D eigenvalue weighted by atomic mass is 9.97. The van der Waals surface area contributed by atoms with Crippen molar-refractivity contribution in [1.82, 2.24) is 4.90 Å². The van der Waals surface area contributed by atoms with E-state index in [9.17, 15) is 22.4 Å². The molecule has 3 atom stereocenters. The summed E-state index contributed by atoms with van der Waals surface area (Å²) in [4.78, 5) is 27.0. The molecule has 34 heavy (non-hydrogen) atoms. The van der Waals surface area contributed by atoms with Gasteiger partial charge in [0, 0.05) is 12.1 Å². The quantitative estimate of drug-likeness (QED) is 0.513. The number of ether oxygens (including phenoxy) is 1. The summed E-state index contributed by atoms with van der Waals surface area (Å²) in [6.07, 6.45) is 1.61. The topological polar surface area (TPSA) is 92.8 Å². The Balaban J connectivity index is 1.84.